The van der Waals surface area contributed by atoms with Gasteiger partial charge in [-0.3, -0.25) is 4.79 Å². The van der Waals surface area contributed by atoms with Crippen molar-refractivity contribution in [2.45, 2.75) is 18.9 Å². The molecule has 3 nitrogen and oxygen atoms in total. The summed E-state index contributed by atoms with van der Waals surface area (Å²) in [4.78, 5) is 14.7. The highest BCUT2D eigenvalue weighted by Crippen LogP contribution is 2.21. The fraction of sp³-hybridized carbons (Fsp3) is 0.417. The monoisotopic (exact) mass is 315 g/mol. The molecular formula is C12H14BrNO2S. The number of aliphatic hydroxyl groups excluding tert-OH is 1. The van der Waals surface area contributed by atoms with Crippen LogP contribution in [0.5, 0.6) is 0 Å². The maximum atomic E-state index is 11.9. The minimum Gasteiger partial charge on any atom is -0.394 e. The lowest BCUT2D eigenvalue weighted by Gasteiger charge is -2.21. The fourth-order valence-corrected chi connectivity index (χ4v) is 3.32. The summed E-state index contributed by atoms with van der Waals surface area (Å²) in [6.45, 7) is 0.812. The first-order valence-corrected chi connectivity index (χ1v) is 7.21. The van der Waals surface area contributed by atoms with E-state index in [0.29, 0.717) is 0 Å². The first kappa shape index (κ1) is 12.8. The predicted octanol–water partition coefficient (Wildman–Crippen LogP) is 2.51. The first-order chi connectivity index (χ1) is 8.20. The Hall–Kier alpha value is -0.650. The highest BCUT2D eigenvalue weighted by atomic mass is 79.9. The summed E-state index contributed by atoms with van der Waals surface area (Å²) in [7, 11) is 0. The summed E-state index contributed by atoms with van der Waals surface area (Å²) in [5.41, 5.74) is 0. The van der Waals surface area contributed by atoms with Crippen LogP contribution in [0.3, 0.4) is 0 Å². The van der Waals surface area contributed by atoms with Crippen LogP contribution in [0.25, 0.3) is 6.08 Å². The largest absolute Gasteiger partial charge is 0.394 e. The van der Waals surface area contributed by atoms with Crippen LogP contribution in [-0.2, 0) is 4.79 Å². The Morgan fingerprint density at radius 3 is 3.18 bits per heavy atom. The van der Waals surface area contributed by atoms with E-state index >= 15 is 0 Å². The zero-order valence-corrected chi connectivity index (χ0v) is 11.7. The van der Waals surface area contributed by atoms with Gasteiger partial charge in [-0.15, -0.1) is 11.3 Å². The second-order valence-electron chi connectivity index (χ2n) is 4.01. The number of rotatable bonds is 3. The van der Waals surface area contributed by atoms with Gasteiger partial charge in [0.25, 0.3) is 0 Å². The van der Waals surface area contributed by atoms with E-state index in [-0.39, 0.29) is 18.6 Å². The summed E-state index contributed by atoms with van der Waals surface area (Å²) in [5.74, 6) is -0.00827. The Bertz CT molecular complexity index is 430. The molecule has 0 spiro atoms. The number of hydrogen-bond donors (Lipinski definition) is 1. The molecule has 92 valence electrons. The molecule has 0 aromatic carbocycles. The summed E-state index contributed by atoms with van der Waals surface area (Å²) in [6, 6.07) is 1.98. The molecule has 17 heavy (non-hydrogen) atoms. The van der Waals surface area contributed by atoms with E-state index in [4.69, 9.17) is 5.11 Å². The zero-order valence-electron chi connectivity index (χ0n) is 9.30. The lowest BCUT2D eigenvalue weighted by Crippen LogP contribution is -2.36. The quantitative estimate of drug-likeness (QED) is 0.871. The predicted molar refractivity (Wildman–Crippen MR) is 72.9 cm³/mol. The number of carbonyl (C=O) groups excluding carboxylic acids is 1. The van der Waals surface area contributed by atoms with Gasteiger partial charge in [0, 0.05) is 27.4 Å². The average molecular weight is 316 g/mol. The van der Waals surface area contributed by atoms with Gasteiger partial charge in [-0.25, -0.2) is 0 Å². The van der Waals surface area contributed by atoms with Gasteiger partial charge in [-0.2, -0.15) is 0 Å². The molecule has 1 aromatic heterocycles. The number of aliphatic hydroxyl groups is 1. The van der Waals surface area contributed by atoms with Crippen molar-refractivity contribution in [2.24, 2.45) is 0 Å². The van der Waals surface area contributed by atoms with Crippen molar-refractivity contribution in [1.29, 1.82) is 0 Å². The van der Waals surface area contributed by atoms with Crippen molar-refractivity contribution in [1.82, 2.24) is 4.90 Å². The number of amides is 1. The molecule has 1 N–H and O–H groups in total. The van der Waals surface area contributed by atoms with Crippen LogP contribution in [0, 0.1) is 0 Å². The highest BCUT2D eigenvalue weighted by Gasteiger charge is 2.26. The Balaban J connectivity index is 1.99. The van der Waals surface area contributed by atoms with E-state index in [1.807, 2.05) is 17.5 Å². The molecular weight excluding hydrogens is 302 g/mol. The van der Waals surface area contributed by atoms with E-state index in [9.17, 15) is 4.79 Å². The van der Waals surface area contributed by atoms with Gasteiger partial charge >= 0.3 is 0 Å². The Morgan fingerprint density at radius 2 is 2.53 bits per heavy atom. The number of hydrogen-bond acceptors (Lipinski definition) is 3. The first-order valence-electron chi connectivity index (χ1n) is 5.54. The molecule has 0 saturated carbocycles. The average Bonchev–Trinajstić information content (AvgIpc) is 2.94. The van der Waals surface area contributed by atoms with Gasteiger partial charge in [0.15, 0.2) is 0 Å². The molecule has 0 unspecified atom stereocenters. The SMILES string of the molecule is O=C(/C=C/c1cc(Br)cs1)N1CCC[C@@H]1CO. The normalized spacial score (nSPS) is 20.4. The van der Waals surface area contributed by atoms with Gasteiger partial charge in [-0.1, -0.05) is 0 Å². The van der Waals surface area contributed by atoms with Crippen molar-refractivity contribution in [3.05, 3.63) is 26.9 Å². The Labute approximate surface area is 113 Å². The second-order valence-corrected chi connectivity index (χ2v) is 5.87. The molecule has 5 heteroatoms. The maximum absolute atomic E-state index is 11.9. The van der Waals surface area contributed by atoms with Crippen LogP contribution in [0.4, 0.5) is 0 Å². The lowest BCUT2D eigenvalue weighted by atomic mass is 10.2. The third kappa shape index (κ3) is 3.18. The molecule has 2 heterocycles. The molecule has 1 fully saturated rings. The Kier molecular flexibility index (Phi) is 4.36. The van der Waals surface area contributed by atoms with Crippen molar-refractivity contribution < 1.29 is 9.90 Å². The van der Waals surface area contributed by atoms with Crippen LogP contribution < -0.4 is 0 Å². The molecule has 1 aromatic rings. The van der Waals surface area contributed by atoms with Gasteiger partial charge in [-0.05, 0) is 40.9 Å². The standard InChI is InChI=1S/C12H14BrNO2S/c13-9-6-11(17-8-9)3-4-12(16)14-5-1-2-10(14)7-15/h3-4,6,8,10,15H,1-2,5,7H2/b4-3+/t10-/m1/s1. The number of likely N-dealkylation sites (tertiary alicyclic amines) is 1. The van der Waals surface area contributed by atoms with Gasteiger partial charge in [0.05, 0.1) is 12.6 Å². The molecule has 1 atom stereocenters. The van der Waals surface area contributed by atoms with E-state index in [0.717, 1.165) is 28.7 Å². The molecule has 2 rings (SSSR count). The second kappa shape index (κ2) is 5.80. The van der Waals surface area contributed by atoms with Crippen LogP contribution in [0.1, 0.15) is 17.7 Å². The summed E-state index contributed by atoms with van der Waals surface area (Å²) in [6.07, 6.45) is 5.30. The third-order valence-electron chi connectivity index (χ3n) is 2.85. The minimum atomic E-state index is -0.00827. The zero-order chi connectivity index (χ0) is 12.3. The van der Waals surface area contributed by atoms with Crippen LogP contribution >= 0.6 is 27.3 Å². The number of carbonyl (C=O) groups is 1. The van der Waals surface area contributed by atoms with E-state index in [1.165, 1.54) is 0 Å². The number of nitrogens with zero attached hydrogens (tertiary/aromatic N) is 1. The van der Waals surface area contributed by atoms with Gasteiger partial charge < -0.3 is 10.0 Å². The number of thiophene rings is 1. The van der Waals surface area contributed by atoms with Crippen molar-refractivity contribution in [3.8, 4) is 0 Å². The molecule has 1 saturated heterocycles. The minimum absolute atomic E-state index is 0.00206. The lowest BCUT2D eigenvalue weighted by molar-refractivity contribution is -0.127. The third-order valence-corrected chi connectivity index (χ3v) is 4.51. The van der Waals surface area contributed by atoms with E-state index in [1.54, 1.807) is 22.3 Å². The van der Waals surface area contributed by atoms with E-state index in [2.05, 4.69) is 15.9 Å². The molecule has 0 radical (unpaired) electrons. The summed E-state index contributed by atoms with van der Waals surface area (Å²) < 4.78 is 1.03. The molecule has 1 amide bonds. The van der Waals surface area contributed by atoms with Gasteiger partial charge in [0.1, 0.15) is 0 Å². The smallest absolute Gasteiger partial charge is 0.246 e. The highest BCUT2D eigenvalue weighted by molar-refractivity contribution is 9.10. The Morgan fingerprint density at radius 1 is 1.71 bits per heavy atom. The van der Waals surface area contributed by atoms with Crippen molar-refractivity contribution >= 4 is 39.2 Å². The summed E-state index contributed by atoms with van der Waals surface area (Å²) >= 11 is 4.96. The van der Waals surface area contributed by atoms with Crippen LogP contribution in [-0.4, -0.2) is 35.1 Å². The molecule has 0 aliphatic carbocycles. The topological polar surface area (TPSA) is 40.5 Å². The molecule has 1 aliphatic rings. The van der Waals surface area contributed by atoms with Crippen LogP contribution in [0.2, 0.25) is 0 Å². The maximum Gasteiger partial charge on any atom is 0.246 e. The van der Waals surface area contributed by atoms with Crippen molar-refractivity contribution in [2.75, 3.05) is 13.2 Å². The van der Waals surface area contributed by atoms with Crippen molar-refractivity contribution in [3.63, 3.8) is 0 Å². The molecule has 0 bridgehead atoms. The van der Waals surface area contributed by atoms with Gasteiger partial charge in [0.2, 0.25) is 5.91 Å². The number of halogens is 1. The molecule has 1 aliphatic heterocycles. The fourth-order valence-electron chi connectivity index (χ4n) is 1.98. The van der Waals surface area contributed by atoms with Crippen LogP contribution in [0.15, 0.2) is 22.0 Å². The summed E-state index contributed by atoms with van der Waals surface area (Å²) in [5, 5.41) is 11.1. The van der Waals surface area contributed by atoms with E-state index < -0.39 is 0 Å².